The fourth-order valence-electron chi connectivity index (χ4n) is 2.36. The van der Waals surface area contributed by atoms with Gasteiger partial charge in [0, 0.05) is 5.69 Å². The Morgan fingerprint density at radius 3 is 2.67 bits per heavy atom. The summed E-state index contributed by atoms with van der Waals surface area (Å²) >= 11 is 0. The van der Waals surface area contributed by atoms with Crippen molar-refractivity contribution in [2.45, 2.75) is 26.2 Å². The van der Waals surface area contributed by atoms with E-state index >= 15 is 0 Å². The van der Waals surface area contributed by atoms with Gasteiger partial charge in [0.1, 0.15) is 18.7 Å². The maximum absolute atomic E-state index is 13.2. The van der Waals surface area contributed by atoms with Crippen molar-refractivity contribution in [3.8, 4) is 0 Å². The maximum Gasteiger partial charge on any atom is 0.435 e. The maximum atomic E-state index is 13.2. The molecule has 0 aliphatic heterocycles. The number of halogens is 4. The third kappa shape index (κ3) is 4.68. The van der Waals surface area contributed by atoms with Crippen LogP contribution in [0.25, 0.3) is 0 Å². The van der Waals surface area contributed by atoms with E-state index in [-0.39, 0.29) is 24.0 Å². The zero-order valence-corrected chi connectivity index (χ0v) is 14.0. The van der Waals surface area contributed by atoms with E-state index in [1.165, 1.54) is 30.1 Å². The van der Waals surface area contributed by atoms with E-state index in [0.717, 1.165) is 10.7 Å². The molecule has 1 amide bonds. The number of nitrogens with one attached hydrogen (secondary N) is 1. The second-order valence-electron chi connectivity index (χ2n) is 5.77. The highest BCUT2D eigenvalue weighted by Crippen LogP contribution is 2.28. The van der Waals surface area contributed by atoms with Gasteiger partial charge in [0.05, 0.1) is 6.54 Å². The molecule has 0 atom stereocenters. The number of carbonyl (C=O) groups excluding carboxylic acids is 1. The minimum Gasteiger partial charge on any atom is -0.292 e. The molecule has 0 aliphatic carbocycles. The largest absolute Gasteiger partial charge is 0.435 e. The van der Waals surface area contributed by atoms with Gasteiger partial charge in [0.15, 0.2) is 5.69 Å². The van der Waals surface area contributed by atoms with Crippen LogP contribution in [0.15, 0.2) is 36.7 Å². The molecule has 27 heavy (non-hydrogen) atoms. The summed E-state index contributed by atoms with van der Waals surface area (Å²) < 4.78 is 53.5. The van der Waals surface area contributed by atoms with Crippen molar-refractivity contribution >= 4 is 11.9 Å². The second-order valence-corrected chi connectivity index (χ2v) is 5.77. The first-order valence-electron chi connectivity index (χ1n) is 7.76. The Balaban J connectivity index is 1.62. The monoisotopic (exact) mass is 382 g/mol. The first-order valence-corrected chi connectivity index (χ1v) is 7.76. The second kappa shape index (κ2) is 7.17. The highest BCUT2D eigenvalue weighted by Gasteiger charge is 2.34. The van der Waals surface area contributed by atoms with Gasteiger partial charge in [-0.15, -0.1) is 5.10 Å². The Kier molecular flexibility index (Phi) is 4.93. The zero-order chi connectivity index (χ0) is 19.6. The van der Waals surface area contributed by atoms with Crippen molar-refractivity contribution in [3.05, 3.63) is 59.4 Å². The van der Waals surface area contributed by atoms with E-state index in [0.29, 0.717) is 5.56 Å². The average Bonchev–Trinajstić information content (AvgIpc) is 3.14. The molecule has 142 valence electrons. The molecule has 0 fully saturated rings. The van der Waals surface area contributed by atoms with Crippen molar-refractivity contribution in [2.24, 2.45) is 0 Å². The third-order valence-electron chi connectivity index (χ3n) is 3.59. The van der Waals surface area contributed by atoms with E-state index in [1.807, 2.05) is 0 Å². The first kappa shape index (κ1) is 18.5. The van der Waals surface area contributed by atoms with Crippen LogP contribution in [0.2, 0.25) is 0 Å². The van der Waals surface area contributed by atoms with E-state index in [2.05, 4.69) is 20.5 Å². The van der Waals surface area contributed by atoms with Crippen LogP contribution in [0, 0.1) is 12.7 Å². The molecule has 11 heteroatoms. The van der Waals surface area contributed by atoms with Gasteiger partial charge in [-0.3, -0.25) is 14.8 Å². The summed E-state index contributed by atoms with van der Waals surface area (Å²) in [7, 11) is 0. The number of hydrogen-bond acceptors (Lipinski definition) is 4. The summed E-state index contributed by atoms with van der Waals surface area (Å²) in [6, 6.07) is 6.80. The lowest BCUT2D eigenvalue weighted by Gasteiger charge is -2.04. The Morgan fingerprint density at radius 2 is 2.00 bits per heavy atom. The van der Waals surface area contributed by atoms with Crippen molar-refractivity contribution < 1.29 is 22.4 Å². The van der Waals surface area contributed by atoms with Crippen molar-refractivity contribution in [1.29, 1.82) is 0 Å². The minimum absolute atomic E-state index is 0.0164. The number of nitrogens with zero attached hydrogens (tertiary/aromatic N) is 5. The number of hydrogen-bond donors (Lipinski definition) is 1. The summed E-state index contributed by atoms with van der Waals surface area (Å²) in [6.07, 6.45) is -3.23. The Labute approximate surface area is 150 Å². The molecular formula is C16H14F4N6O. The Bertz CT molecular complexity index is 962. The number of anilines is 1. The molecule has 0 spiro atoms. The SMILES string of the molecule is Cc1cc(C(F)(F)F)nn1CC(=O)Nc1ncn(Cc2cccc(F)c2)n1. The molecular weight excluding hydrogens is 368 g/mol. The first-order chi connectivity index (χ1) is 12.7. The molecule has 3 aromatic rings. The zero-order valence-electron chi connectivity index (χ0n) is 14.0. The molecule has 0 saturated carbocycles. The quantitative estimate of drug-likeness (QED) is 0.689. The fraction of sp³-hybridized carbons (Fsp3) is 0.250. The highest BCUT2D eigenvalue weighted by atomic mass is 19.4. The van der Waals surface area contributed by atoms with Gasteiger partial charge in [0.2, 0.25) is 11.9 Å². The molecule has 7 nitrogen and oxygen atoms in total. The molecule has 2 heterocycles. The lowest BCUT2D eigenvalue weighted by Crippen LogP contribution is -2.21. The Morgan fingerprint density at radius 1 is 1.22 bits per heavy atom. The molecule has 3 rings (SSSR count). The van der Waals surface area contributed by atoms with Crippen LogP contribution in [0.3, 0.4) is 0 Å². The van der Waals surface area contributed by atoms with Gasteiger partial charge in [-0.05, 0) is 30.7 Å². The summed E-state index contributed by atoms with van der Waals surface area (Å²) in [4.78, 5) is 15.9. The van der Waals surface area contributed by atoms with Crippen LogP contribution in [-0.2, 0) is 24.1 Å². The summed E-state index contributed by atoms with van der Waals surface area (Å²) in [5.41, 5.74) is -0.211. The van der Waals surface area contributed by atoms with Gasteiger partial charge in [0.25, 0.3) is 0 Å². The van der Waals surface area contributed by atoms with Crippen LogP contribution < -0.4 is 5.32 Å². The smallest absolute Gasteiger partial charge is 0.292 e. The number of benzene rings is 1. The summed E-state index contributed by atoms with van der Waals surface area (Å²) in [5, 5.41) is 9.79. The van der Waals surface area contributed by atoms with Gasteiger partial charge in [-0.2, -0.15) is 18.3 Å². The fourth-order valence-corrected chi connectivity index (χ4v) is 2.36. The van der Waals surface area contributed by atoms with E-state index in [1.54, 1.807) is 12.1 Å². The van der Waals surface area contributed by atoms with Crippen LogP contribution >= 0.6 is 0 Å². The predicted octanol–water partition coefficient (Wildman–Crippen LogP) is 2.63. The lowest BCUT2D eigenvalue weighted by atomic mass is 10.2. The van der Waals surface area contributed by atoms with Crippen LogP contribution in [-0.4, -0.2) is 30.5 Å². The topological polar surface area (TPSA) is 77.6 Å². The van der Waals surface area contributed by atoms with Crippen LogP contribution in [0.5, 0.6) is 0 Å². The molecule has 0 saturated heterocycles. The van der Waals surface area contributed by atoms with Gasteiger partial charge >= 0.3 is 6.18 Å². The van der Waals surface area contributed by atoms with E-state index in [9.17, 15) is 22.4 Å². The van der Waals surface area contributed by atoms with Crippen LogP contribution in [0.4, 0.5) is 23.5 Å². The van der Waals surface area contributed by atoms with E-state index in [4.69, 9.17) is 0 Å². The number of alkyl halides is 3. The van der Waals surface area contributed by atoms with Crippen molar-refractivity contribution in [1.82, 2.24) is 24.5 Å². The molecule has 0 radical (unpaired) electrons. The third-order valence-corrected chi connectivity index (χ3v) is 3.59. The Hall–Kier alpha value is -3.24. The predicted molar refractivity (Wildman–Crippen MR) is 86.1 cm³/mol. The molecule has 0 aliphatic rings. The van der Waals surface area contributed by atoms with E-state index < -0.39 is 24.3 Å². The lowest BCUT2D eigenvalue weighted by molar-refractivity contribution is -0.141. The van der Waals surface area contributed by atoms with Gasteiger partial charge in [-0.1, -0.05) is 12.1 Å². The van der Waals surface area contributed by atoms with Gasteiger partial charge < -0.3 is 0 Å². The minimum atomic E-state index is -4.58. The molecule has 0 bridgehead atoms. The summed E-state index contributed by atoms with van der Waals surface area (Å²) in [5.74, 6) is -1.02. The van der Waals surface area contributed by atoms with Crippen molar-refractivity contribution in [3.63, 3.8) is 0 Å². The summed E-state index contributed by atoms with van der Waals surface area (Å²) in [6.45, 7) is 1.25. The number of carbonyl (C=O) groups is 1. The molecule has 0 unspecified atom stereocenters. The molecule has 1 N–H and O–H groups in total. The van der Waals surface area contributed by atoms with Crippen molar-refractivity contribution in [2.75, 3.05) is 5.32 Å². The number of amides is 1. The molecule has 1 aromatic carbocycles. The standard InChI is InChI=1S/C16H14F4N6O/c1-10-5-13(16(18,19)20)23-26(10)8-14(27)22-15-21-9-25(24-15)7-11-3-2-4-12(17)6-11/h2-6,9H,7-8H2,1H3,(H,22,24,27). The number of aromatic nitrogens is 5. The number of aryl methyl sites for hydroxylation is 1. The molecule has 2 aromatic heterocycles. The normalized spacial score (nSPS) is 11.6. The average molecular weight is 382 g/mol. The number of rotatable bonds is 5. The van der Waals surface area contributed by atoms with Crippen LogP contribution in [0.1, 0.15) is 17.0 Å². The highest BCUT2D eigenvalue weighted by molar-refractivity contribution is 5.88. The van der Waals surface area contributed by atoms with Gasteiger partial charge in [-0.25, -0.2) is 14.1 Å².